The summed E-state index contributed by atoms with van der Waals surface area (Å²) in [6.45, 7) is -0.502. The molecule has 1 fully saturated rings. The summed E-state index contributed by atoms with van der Waals surface area (Å²) in [5.41, 5.74) is 0.960. The van der Waals surface area contributed by atoms with E-state index in [4.69, 9.17) is 21.1 Å². The van der Waals surface area contributed by atoms with Crippen LogP contribution in [0.4, 0.5) is 0 Å². The Morgan fingerprint density at radius 2 is 1.77 bits per heavy atom. The first kappa shape index (κ1) is 19.3. The van der Waals surface area contributed by atoms with E-state index >= 15 is 0 Å². The molecule has 4 N–H and O–H groups in total. The Morgan fingerprint density at radius 1 is 1.04 bits per heavy atom. The van der Waals surface area contributed by atoms with Gasteiger partial charge in [0.05, 0.1) is 11.5 Å². The van der Waals surface area contributed by atoms with E-state index in [2.05, 4.69) is 0 Å². The summed E-state index contributed by atoms with van der Waals surface area (Å²) in [5, 5.41) is 41.5. The van der Waals surface area contributed by atoms with Gasteiger partial charge in [-0.25, -0.2) is 0 Å². The Kier molecular flexibility index (Phi) is 6.31. The second-order valence-electron chi connectivity index (χ2n) is 5.85. The number of hydrogen-bond donors (Lipinski definition) is 4. The van der Waals surface area contributed by atoms with Gasteiger partial charge in [0.25, 0.3) is 0 Å². The lowest BCUT2D eigenvalue weighted by atomic mass is 9.99. The van der Waals surface area contributed by atoms with Crippen LogP contribution in [0.1, 0.15) is 10.4 Å². The summed E-state index contributed by atoms with van der Waals surface area (Å²) in [6.07, 6.45) is -2.80. The number of aliphatic hydroxyl groups is 4. The molecule has 1 aromatic heterocycles. The van der Waals surface area contributed by atoms with E-state index in [0.717, 1.165) is 10.4 Å². The quantitative estimate of drug-likeness (QED) is 0.612. The molecule has 2 aromatic rings. The molecule has 1 aliphatic rings. The van der Waals surface area contributed by atoms with Crippen molar-refractivity contribution in [1.82, 2.24) is 0 Å². The highest BCUT2D eigenvalue weighted by Gasteiger charge is 2.44. The fourth-order valence-corrected chi connectivity index (χ4v) is 3.41. The van der Waals surface area contributed by atoms with E-state index in [1.165, 1.54) is 11.3 Å². The number of thiophene rings is 1. The molecule has 1 aliphatic heterocycles. The predicted octanol–water partition coefficient (Wildman–Crippen LogP) is 1.75. The maximum atomic E-state index is 10.1. The lowest BCUT2D eigenvalue weighted by molar-refractivity contribution is -0.277. The summed E-state index contributed by atoms with van der Waals surface area (Å²) in [5.74, 6) is 0.463. The second-order valence-corrected chi connectivity index (χ2v) is 7.23. The van der Waals surface area contributed by atoms with Gasteiger partial charge in [0.1, 0.15) is 30.2 Å². The van der Waals surface area contributed by atoms with Gasteiger partial charge in [0.2, 0.25) is 6.29 Å². The van der Waals surface area contributed by atoms with Gasteiger partial charge in [-0.05, 0) is 35.2 Å². The summed E-state index contributed by atoms with van der Waals surface area (Å²) >= 11 is 7.30. The standard InChI is InChI=1S/C18H19ClO6S/c19-11-4-1-10(2-5-11)3-6-14-12(7-8-26-14)24-18-17(23)16(22)15(21)13(9-20)25-18/h1-8,13,15-18,20-23H,9H2. The maximum absolute atomic E-state index is 10.1. The first-order valence-corrected chi connectivity index (χ1v) is 9.23. The molecule has 1 saturated heterocycles. The van der Waals surface area contributed by atoms with E-state index in [0.29, 0.717) is 10.8 Å². The lowest BCUT2D eigenvalue weighted by Crippen LogP contribution is -2.60. The molecule has 0 saturated carbocycles. The highest BCUT2D eigenvalue weighted by molar-refractivity contribution is 7.11. The average Bonchev–Trinajstić information content (AvgIpc) is 3.09. The Hall–Kier alpha value is -1.45. The van der Waals surface area contributed by atoms with Crippen molar-refractivity contribution in [3.63, 3.8) is 0 Å². The van der Waals surface area contributed by atoms with Gasteiger partial charge in [0.15, 0.2) is 0 Å². The van der Waals surface area contributed by atoms with Gasteiger partial charge in [-0.3, -0.25) is 0 Å². The molecule has 5 atom stereocenters. The van der Waals surface area contributed by atoms with Crippen molar-refractivity contribution >= 4 is 35.1 Å². The van der Waals surface area contributed by atoms with Crippen LogP contribution in [0.25, 0.3) is 12.2 Å². The summed E-state index contributed by atoms with van der Waals surface area (Å²) < 4.78 is 11.0. The molecule has 0 spiro atoms. The van der Waals surface area contributed by atoms with Gasteiger partial charge in [-0.1, -0.05) is 29.8 Å². The third-order valence-corrected chi connectivity index (χ3v) is 5.16. The summed E-state index contributed by atoms with van der Waals surface area (Å²) in [4.78, 5) is 0.789. The van der Waals surface area contributed by atoms with Crippen LogP contribution in [-0.4, -0.2) is 57.7 Å². The minimum atomic E-state index is -1.47. The second kappa shape index (κ2) is 8.49. The van der Waals surface area contributed by atoms with Gasteiger partial charge in [0, 0.05) is 5.02 Å². The van der Waals surface area contributed by atoms with Crippen LogP contribution in [0, 0.1) is 0 Å². The summed E-state index contributed by atoms with van der Waals surface area (Å²) in [7, 11) is 0. The Balaban J connectivity index is 1.73. The van der Waals surface area contributed by atoms with Crippen LogP contribution in [0.5, 0.6) is 5.75 Å². The number of benzene rings is 1. The predicted molar refractivity (Wildman–Crippen MR) is 99.1 cm³/mol. The molecule has 6 nitrogen and oxygen atoms in total. The third-order valence-electron chi connectivity index (χ3n) is 4.05. The van der Waals surface area contributed by atoms with Gasteiger partial charge in [-0.15, -0.1) is 11.3 Å². The molecule has 0 radical (unpaired) electrons. The topological polar surface area (TPSA) is 99.4 Å². The van der Waals surface area contributed by atoms with Gasteiger partial charge in [-0.2, -0.15) is 0 Å². The molecule has 0 bridgehead atoms. The number of halogens is 1. The van der Waals surface area contributed by atoms with E-state index in [9.17, 15) is 20.4 Å². The van der Waals surface area contributed by atoms with E-state index in [1.807, 2.05) is 29.7 Å². The maximum Gasteiger partial charge on any atom is 0.229 e. The van der Waals surface area contributed by atoms with Crippen molar-refractivity contribution in [1.29, 1.82) is 0 Å². The molecule has 5 unspecified atom stereocenters. The van der Waals surface area contributed by atoms with Crippen molar-refractivity contribution in [2.75, 3.05) is 6.61 Å². The SMILES string of the molecule is OCC1OC(Oc2ccsc2C=Cc2ccc(Cl)cc2)C(O)C(O)C1O. The van der Waals surface area contributed by atoms with Crippen LogP contribution in [0.15, 0.2) is 35.7 Å². The largest absolute Gasteiger partial charge is 0.460 e. The van der Waals surface area contributed by atoms with Crippen LogP contribution in [-0.2, 0) is 4.74 Å². The zero-order chi connectivity index (χ0) is 18.7. The smallest absolute Gasteiger partial charge is 0.229 e. The van der Waals surface area contributed by atoms with Crippen molar-refractivity contribution in [2.45, 2.75) is 30.7 Å². The monoisotopic (exact) mass is 398 g/mol. The molecule has 0 amide bonds. The van der Waals surface area contributed by atoms with Crippen LogP contribution in [0.3, 0.4) is 0 Å². The van der Waals surface area contributed by atoms with Crippen LogP contribution >= 0.6 is 22.9 Å². The number of aliphatic hydroxyl groups excluding tert-OH is 4. The molecule has 26 heavy (non-hydrogen) atoms. The molecule has 8 heteroatoms. The Labute approximate surface area is 159 Å². The fraction of sp³-hybridized carbons (Fsp3) is 0.333. The van der Waals surface area contributed by atoms with E-state index < -0.39 is 37.3 Å². The number of hydrogen-bond acceptors (Lipinski definition) is 7. The Morgan fingerprint density at radius 3 is 2.46 bits per heavy atom. The number of rotatable bonds is 5. The number of ether oxygens (including phenoxy) is 2. The van der Waals surface area contributed by atoms with Gasteiger partial charge >= 0.3 is 0 Å². The highest BCUT2D eigenvalue weighted by atomic mass is 35.5. The molecule has 140 valence electrons. The van der Waals surface area contributed by atoms with Crippen molar-refractivity contribution in [3.05, 3.63) is 51.2 Å². The lowest BCUT2D eigenvalue weighted by Gasteiger charge is -2.39. The molecule has 3 rings (SSSR count). The van der Waals surface area contributed by atoms with Crippen molar-refractivity contribution in [3.8, 4) is 5.75 Å². The Bertz CT molecular complexity index is 744. The normalized spacial score (nSPS) is 29.2. The molecule has 0 aliphatic carbocycles. The molecule has 2 heterocycles. The first-order chi connectivity index (χ1) is 12.5. The van der Waals surface area contributed by atoms with Crippen LogP contribution in [0.2, 0.25) is 5.02 Å². The zero-order valence-corrected chi connectivity index (χ0v) is 15.2. The third kappa shape index (κ3) is 4.27. The molecular weight excluding hydrogens is 380 g/mol. The minimum Gasteiger partial charge on any atom is -0.460 e. The minimum absolute atomic E-state index is 0.463. The molecule has 1 aromatic carbocycles. The zero-order valence-electron chi connectivity index (χ0n) is 13.6. The van der Waals surface area contributed by atoms with Crippen molar-refractivity contribution < 1.29 is 29.9 Å². The fourth-order valence-electron chi connectivity index (χ4n) is 2.56. The molecular formula is C18H19ClO6S. The highest BCUT2D eigenvalue weighted by Crippen LogP contribution is 2.31. The average molecular weight is 399 g/mol. The van der Waals surface area contributed by atoms with Gasteiger partial charge < -0.3 is 29.9 Å². The van der Waals surface area contributed by atoms with Crippen molar-refractivity contribution in [2.24, 2.45) is 0 Å². The van der Waals surface area contributed by atoms with Crippen LogP contribution < -0.4 is 4.74 Å². The van der Waals surface area contributed by atoms with E-state index in [1.54, 1.807) is 18.2 Å². The first-order valence-electron chi connectivity index (χ1n) is 7.98. The van der Waals surface area contributed by atoms with E-state index in [-0.39, 0.29) is 0 Å². The summed E-state index contributed by atoms with van der Waals surface area (Å²) in [6, 6.07) is 9.06.